The van der Waals surface area contributed by atoms with Crippen LogP contribution in [0.5, 0.6) is 11.5 Å². The van der Waals surface area contributed by atoms with E-state index >= 15 is 0 Å². The number of hydrogen-bond acceptors (Lipinski definition) is 3. The van der Waals surface area contributed by atoms with Crippen LogP contribution in [0, 0.1) is 12.3 Å². The number of rotatable bonds is 3. The molecule has 1 aliphatic carbocycles. The van der Waals surface area contributed by atoms with E-state index in [1.54, 1.807) is 0 Å². The lowest BCUT2D eigenvalue weighted by Gasteiger charge is -2.21. The van der Waals surface area contributed by atoms with Crippen molar-refractivity contribution in [3.63, 3.8) is 0 Å². The first kappa shape index (κ1) is 11.4. The molecule has 0 bridgehead atoms. The van der Waals surface area contributed by atoms with Crippen LogP contribution in [-0.2, 0) is 11.2 Å². The van der Waals surface area contributed by atoms with Crippen molar-refractivity contribution in [3.8, 4) is 11.5 Å². The summed E-state index contributed by atoms with van der Waals surface area (Å²) in [6, 6.07) is 3.88. The van der Waals surface area contributed by atoms with E-state index < -0.39 is 11.4 Å². The smallest absolute Gasteiger partial charge is 0.309 e. The van der Waals surface area contributed by atoms with Gasteiger partial charge in [-0.3, -0.25) is 4.79 Å². The Morgan fingerprint density at radius 1 is 1.28 bits per heavy atom. The molecule has 0 radical (unpaired) electrons. The summed E-state index contributed by atoms with van der Waals surface area (Å²) >= 11 is 0. The molecule has 1 aromatic carbocycles. The van der Waals surface area contributed by atoms with Crippen LogP contribution in [0.25, 0.3) is 0 Å². The van der Waals surface area contributed by atoms with E-state index in [9.17, 15) is 9.90 Å². The minimum atomic E-state index is -0.684. The van der Waals surface area contributed by atoms with Gasteiger partial charge in [0.05, 0.1) is 5.41 Å². The molecule has 1 heterocycles. The lowest BCUT2D eigenvalue weighted by molar-refractivity contribution is -0.143. The number of carboxylic acids is 1. The average molecular weight is 248 g/mol. The average Bonchev–Trinajstić information content (AvgIpc) is 3.11. The summed E-state index contributed by atoms with van der Waals surface area (Å²) in [4.78, 5) is 11.2. The van der Waals surface area contributed by atoms with Gasteiger partial charge in [-0.05, 0) is 49.4 Å². The number of hydrogen-bond donors (Lipinski definition) is 1. The molecule has 1 aliphatic heterocycles. The van der Waals surface area contributed by atoms with Crippen LogP contribution in [0.1, 0.15) is 24.0 Å². The molecule has 4 heteroatoms. The Balaban J connectivity index is 1.90. The summed E-state index contributed by atoms with van der Waals surface area (Å²) in [6.07, 6.45) is 2.14. The van der Waals surface area contributed by atoms with Crippen LogP contribution in [0.2, 0.25) is 0 Å². The van der Waals surface area contributed by atoms with Crippen molar-refractivity contribution in [1.29, 1.82) is 0 Å². The van der Waals surface area contributed by atoms with Gasteiger partial charge in [0.15, 0.2) is 11.5 Å². The second-order valence-electron chi connectivity index (χ2n) is 5.18. The molecule has 1 aromatic rings. The molecule has 0 amide bonds. The van der Waals surface area contributed by atoms with Crippen LogP contribution >= 0.6 is 0 Å². The fraction of sp³-hybridized carbons (Fsp3) is 0.500. The number of ether oxygens (including phenoxy) is 2. The molecule has 3 rings (SSSR count). The number of carbonyl (C=O) groups is 1. The van der Waals surface area contributed by atoms with E-state index in [-0.39, 0.29) is 0 Å². The molecule has 0 spiro atoms. The SMILES string of the molecule is Cc1cc2c(cc1CC1(C(=O)O)CC1)OCCO2. The van der Waals surface area contributed by atoms with Crippen LogP contribution in [0.4, 0.5) is 0 Å². The van der Waals surface area contributed by atoms with Gasteiger partial charge >= 0.3 is 5.97 Å². The predicted molar refractivity (Wildman–Crippen MR) is 65.2 cm³/mol. The molecule has 1 fully saturated rings. The van der Waals surface area contributed by atoms with E-state index in [1.165, 1.54) is 0 Å². The molecule has 18 heavy (non-hydrogen) atoms. The van der Waals surface area contributed by atoms with Crippen LogP contribution in [0.3, 0.4) is 0 Å². The summed E-state index contributed by atoms with van der Waals surface area (Å²) < 4.78 is 11.1. The maximum atomic E-state index is 11.2. The molecule has 0 atom stereocenters. The van der Waals surface area contributed by atoms with Crippen molar-refractivity contribution in [2.45, 2.75) is 26.2 Å². The van der Waals surface area contributed by atoms with Crippen molar-refractivity contribution in [3.05, 3.63) is 23.3 Å². The number of carboxylic acid groups (broad SMARTS) is 1. The molecule has 96 valence electrons. The number of aryl methyl sites for hydroxylation is 1. The highest BCUT2D eigenvalue weighted by Crippen LogP contribution is 2.49. The minimum absolute atomic E-state index is 0.533. The minimum Gasteiger partial charge on any atom is -0.486 e. The monoisotopic (exact) mass is 248 g/mol. The van der Waals surface area contributed by atoms with Crippen molar-refractivity contribution in [1.82, 2.24) is 0 Å². The third-order valence-corrected chi connectivity index (χ3v) is 3.84. The number of aliphatic carboxylic acids is 1. The predicted octanol–water partition coefficient (Wildman–Crippen LogP) is 2.17. The lowest BCUT2D eigenvalue weighted by Crippen LogP contribution is -2.19. The van der Waals surface area contributed by atoms with Gasteiger partial charge in [0.25, 0.3) is 0 Å². The Morgan fingerprint density at radius 2 is 1.89 bits per heavy atom. The molecule has 4 nitrogen and oxygen atoms in total. The topological polar surface area (TPSA) is 55.8 Å². The molecule has 1 N–H and O–H groups in total. The van der Waals surface area contributed by atoms with Crippen molar-refractivity contribution < 1.29 is 19.4 Å². The van der Waals surface area contributed by atoms with Crippen molar-refractivity contribution >= 4 is 5.97 Å². The Morgan fingerprint density at radius 3 is 2.44 bits per heavy atom. The van der Waals surface area contributed by atoms with E-state index in [1.807, 2.05) is 19.1 Å². The first-order valence-corrected chi connectivity index (χ1v) is 6.23. The summed E-state index contributed by atoms with van der Waals surface area (Å²) in [7, 11) is 0. The van der Waals surface area contributed by atoms with Crippen LogP contribution in [-0.4, -0.2) is 24.3 Å². The Labute approximate surface area is 106 Å². The quantitative estimate of drug-likeness (QED) is 0.890. The number of fused-ring (bicyclic) bond motifs is 1. The Kier molecular flexibility index (Phi) is 2.47. The van der Waals surface area contributed by atoms with E-state index in [4.69, 9.17) is 9.47 Å². The van der Waals surface area contributed by atoms with Crippen molar-refractivity contribution in [2.24, 2.45) is 5.41 Å². The summed E-state index contributed by atoms with van der Waals surface area (Å²) in [6.45, 7) is 3.12. The van der Waals surface area contributed by atoms with Gasteiger partial charge < -0.3 is 14.6 Å². The lowest BCUT2D eigenvalue weighted by atomic mass is 9.93. The Hall–Kier alpha value is -1.71. The van der Waals surface area contributed by atoms with Gasteiger partial charge in [-0.2, -0.15) is 0 Å². The zero-order valence-corrected chi connectivity index (χ0v) is 10.4. The normalized spacial score (nSPS) is 19.4. The Bertz CT molecular complexity index is 503. The highest BCUT2D eigenvalue weighted by molar-refractivity contribution is 5.78. The molecule has 2 aliphatic rings. The van der Waals surface area contributed by atoms with Gasteiger partial charge in [-0.25, -0.2) is 0 Å². The maximum Gasteiger partial charge on any atom is 0.309 e. The molecule has 0 aromatic heterocycles. The zero-order valence-electron chi connectivity index (χ0n) is 10.4. The van der Waals surface area contributed by atoms with Crippen molar-refractivity contribution in [2.75, 3.05) is 13.2 Å². The molecular weight excluding hydrogens is 232 g/mol. The molecule has 0 unspecified atom stereocenters. The fourth-order valence-corrected chi connectivity index (χ4v) is 2.40. The van der Waals surface area contributed by atoms with Gasteiger partial charge in [-0.15, -0.1) is 0 Å². The summed E-state index contributed by atoms with van der Waals surface area (Å²) in [5.41, 5.74) is 1.60. The zero-order chi connectivity index (χ0) is 12.8. The third kappa shape index (κ3) is 1.82. The second kappa shape index (κ2) is 3.90. The largest absolute Gasteiger partial charge is 0.486 e. The second-order valence-corrected chi connectivity index (χ2v) is 5.18. The fourth-order valence-electron chi connectivity index (χ4n) is 2.40. The standard InChI is InChI=1S/C14H16O4/c1-9-6-11-12(18-5-4-17-11)7-10(9)8-14(2-3-14)13(15)16/h6-7H,2-5,8H2,1H3,(H,15,16). The van der Waals surface area contributed by atoms with Crippen LogP contribution in [0.15, 0.2) is 12.1 Å². The molecule has 1 saturated carbocycles. The number of benzene rings is 1. The highest BCUT2D eigenvalue weighted by atomic mass is 16.6. The summed E-state index contributed by atoms with van der Waals surface area (Å²) in [5, 5.41) is 9.24. The first-order chi connectivity index (χ1) is 8.61. The van der Waals surface area contributed by atoms with Gasteiger partial charge in [0.1, 0.15) is 13.2 Å². The van der Waals surface area contributed by atoms with Gasteiger partial charge in [-0.1, -0.05) is 0 Å². The molecular formula is C14H16O4. The molecule has 0 saturated heterocycles. The van der Waals surface area contributed by atoms with Gasteiger partial charge in [0.2, 0.25) is 0 Å². The van der Waals surface area contributed by atoms with Gasteiger partial charge in [0, 0.05) is 0 Å². The highest BCUT2D eigenvalue weighted by Gasteiger charge is 2.50. The first-order valence-electron chi connectivity index (χ1n) is 6.23. The third-order valence-electron chi connectivity index (χ3n) is 3.84. The van der Waals surface area contributed by atoms with E-state index in [0.717, 1.165) is 35.5 Å². The maximum absolute atomic E-state index is 11.2. The summed E-state index contributed by atoms with van der Waals surface area (Å²) in [5.74, 6) is 0.822. The van der Waals surface area contributed by atoms with E-state index in [2.05, 4.69) is 0 Å². The van der Waals surface area contributed by atoms with E-state index in [0.29, 0.717) is 19.6 Å². The van der Waals surface area contributed by atoms with Crippen LogP contribution < -0.4 is 9.47 Å².